The molecule has 0 spiro atoms. The number of rotatable bonds is 2. The topological polar surface area (TPSA) is 34.9 Å². The van der Waals surface area contributed by atoms with Crippen LogP contribution in [-0.4, -0.2) is 16.1 Å². The maximum absolute atomic E-state index is 10.5. The van der Waals surface area contributed by atoms with Gasteiger partial charge in [0.15, 0.2) is 6.29 Å². The largest absolute Gasteiger partial charge is 0.298 e. The van der Waals surface area contributed by atoms with E-state index in [0.717, 1.165) is 16.4 Å². The number of hydrogen-bond acceptors (Lipinski definition) is 2. The van der Waals surface area contributed by atoms with E-state index in [-0.39, 0.29) is 0 Å². The first-order valence-electron chi connectivity index (χ1n) is 4.05. The van der Waals surface area contributed by atoms with Crippen molar-refractivity contribution < 1.29 is 4.79 Å². The normalized spacial score (nSPS) is 10.1. The Morgan fingerprint density at radius 1 is 1.43 bits per heavy atom. The molecule has 70 valence electrons. The molecule has 0 aliphatic heterocycles. The van der Waals surface area contributed by atoms with Gasteiger partial charge in [-0.2, -0.15) is 5.10 Å². The molecule has 0 bridgehead atoms. The number of nitrogens with zero attached hydrogens (tertiary/aromatic N) is 2. The van der Waals surface area contributed by atoms with Crippen LogP contribution in [0.2, 0.25) is 0 Å². The van der Waals surface area contributed by atoms with Gasteiger partial charge in [-0.3, -0.25) is 4.79 Å². The van der Waals surface area contributed by atoms with Crippen molar-refractivity contribution in [1.29, 1.82) is 0 Å². The molecule has 0 N–H and O–H groups in total. The highest BCUT2D eigenvalue weighted by Gasteiger charge is 1.99. The minimum atomic E-state index is 0.574. The number of carbonyl (C=O) groups excluding carboxylic acids is 1. The Balaban J connectivity index is 2.43. The van der Waals surface area contributed by atoms with Crippen molar-refractivity contribution in [3.63, 3.8) is 0 Å². The Labute approximate surface area is 89.5 Å². The van der Waals surface area contributed by atoms with Crippen molar-refractivity contribution >= 4 is 22.2 Å². The van der Waals surface area contributed by atoms with Crippen molar-refractivity contribution in [2.45, 2.75) is 0 Å². The maximum atomic E-state index is 10.5. The first kappa shape index (κ1) is 9.15. The molecular formula is C10H7BrN2O. The van der Waals surface area contributed by atoms with E-state index in [0.29, 0.717) is 5.56 Å². The number of aromatic nitrogens is 2. The Bertz CT molecular complexity index is 465. The molecule has 0 saturated carbocycles. The summed E-state index contributed by atoms with van der Waals surface area (Å²) in [4.78, 5) is 10.5. The van der Waals surface area contributed by atoms with Gasteiger partial charge in [-0.15, -0.1) is 0 Å². The number of hydrogen-bond donors (Lipinski definition) is 0. The third-order valence-corrected chi connectivity index (χ3v) is 2.30. The van der Waals surface area contributed by atoms with Crippen LogP contribution in [0.5, 0.6) is 0 Å². The van der Waals surface area contributed by atoms with Gasteiger partial charge < -0.3 is 0 Å². The van der Waals surface area contributed by atoms with Crippen LogP contribution in [0.25, 0.3) is 5.69 Å². The van der Waals surface area contributed by atoms with Crippen LogP contribution in [-0.2, 0) is 0 Å². The van der Waals surface area contributed by atoms with Gasteiger partial charge in [-0.25, -0.2) is 4.68 Å². The van der Waals surface area contributed by atoms with Gasteiger partial charge in [0.2, 0.25) is 0 Å². The third-order valence-electron chi connectivity index (χ3n) is 1.81. The molecule has 2 rings (SSSR count). The zero-order valence-electron chi connectivity index (χ0n) is 7.22. The van der Waals surface area contributed by atoms with E-state index >= 15 is 0 Å². The van der Waals surface area contributed by atoms with Gasteiger partial charge in [0, 0.05) is 10.7 Å². The molecule has 1 aromatic heterocycles. The van der Waals surface area contributed by atoms with Crippen molar-refractivity contribution in [2.75, 3.05) is 0 Å². The summed E-state index contributed by atoms with van der Waals surface area (Å²) < 4.78 is 2.65. The van der Waals surface area contributed by atoms with Gasteiger partial charge in [-0.1, -0.05) is 22.0 Å². The second-order valence-corrected chi connectivity index (χ2v) is 3.73. The first-order valence-corrected chi connectivity index (χ1v) is 4.85. The Kier molecular flexibility index (Phi) is 2.45. The van der Waals surface area contributed by atoms with E-state index in [9.17, 15) is 4.79 Å². The van der Waals surface area contributed by atoms with Gasteiger partial charge in [0.05, 0.1) is 17.4 Å². The molecule has 1 aromatic carbocycles. The fourth-order valence-corrected chi connectivity index (χ4v) is 1.54. The predicted octanol–water partition coefficient (Wildman–Crippen LogP) is 2.45. The maximum Gasteiger partial charge on any atom is 0.153 e. The molecule has 1 heterocycles. The van der Waals surface area contributed by atoms with Crippen LogP contribution in [0.4, 0.5) is 0 Å². The minimum Gasteiger partial charge on any atom is -0.298 e. The van der Waals surface area contributed by atoms with E-state index in [1.807, 2.05) is 24.3 Å². The van der Waals surface area contributed by atoms with Crippen molar-refractivity contribution in [2.24, 2.45) is 0 Å². The summed E-state index contributed by atoms with van der Waals surface area (Å²) in [7, 11) is 0. The highest BCUT2D eigenvalue weighted by atomic mass is 79.9. The molecule has 0 aliphatic carbocycles. The fraction of sp³-hybridized carbons (Fsp3) is 0. The number of halogens is 1. The van der Waals surface area contributed by atoms with Gasteiger partial charge >= 0.3 is 0 Å². The molecule has 2 aromatic rings. The fourth-order valence-electron chi connectivity index (χ4n) is 1.16. The summed E-state index contributed by atoms with van der Waals surface area (Å²) in [5.41, 5.74) is 1.50. The second-order valence-electron chi connectivity index (χ2n) is 2.82. The summed E-state index contributed by atoms with van der Waals surface area (Å²) in [6, 6.07) is 7.71. The Hall–Kier alpha value is -1.42. The smallest absolute Gasteiger partial charge is 0.153 e. The van der Waals surface area contributed by atoms with Crippen LogP contribution in [0.1, 0.15) is 10.4 Å². The minimum absolute atomic E-state index is 0.574. The number of carbonyl (C=O) groups is 1. The van der Waals surface area contributed by atoms with E-state index < -0.39 is 0 Å². The highest BCUT2D eigenvalue weighted by Crippen LogP contribution is 2.14. The van der Waals surface area contributed by atoms with Crippen molar-refractivity contribution in [3.8, 4) is 5.69 Å². The summed E-state index contributed by atoms with van der Waals surface area (Å²) in [5.74, 6) is 0. The Morgan fingerprint density at radius 3 is 2.93 bits per heavy atom. The number of benzene rings is 1. The zero-order chi connectivity index (χ0) is 9.97. The Morgan fingerprint density at radius 2 is 2.29 bits per heavy atom. The third kappa shape index (κ3) is 1.75. The summed E-state index contributed by atoms with van der Waals surface area (Å²) in [5, 5.41) is 4.06. The molecule has 0 amide bonds. The first-order chi connectivity index (χ1) is 6.79. The van der Waals surface area contributed by atoms with E-state index in [1.165, 1.54) is 6.20 Å². The molecule has 14 heavy (non-hydrogen) atoms. The van der Waals surface area contributed by atoms with E-state index in [1.54, 1.807) is 10.9 Å². The lowest BCUT2D eigenvalue weighted by atomic mass is 10.3. The molecule has 0 atom stereocenters. The molecule has 0 fully saturated rings. The van der Waals surface area contributed by atoms with Crippen LogP contribution in [0.15, 0.2) is 41.1 Å². The van der Waals surface area contributed by atoms with Crippen LogP contribution < -0.4 is 0 Å². The molecule has 4 heteroatoms. The van der Waals surface area contributed by atoms with Crippen molar-refractivity contribution in [3.05, 3.63) is 46.7 Å². The van der Waals surface area contributed by atoms with Gasteiger partial charge in [0.1, 0.15) is 0 Å². The highest BCUT2D eigenvalue weighted by molar-refractivity contribution is 9.10. The van der Waals surface area contributed by atoms with Gasteiger partial charge in [0.25, 0.3) is 0 Å². The van der Waals surface area contributed by atoms with E-state index in [2.05, 4.69) is 21.0 Å². The van der Waals surface area contributed by atoms with Gasteiger partial charge in [-0.05, 0) is 18.2 Å². The lowest BCUT2D eigenvalue weighted by Gasteiger charge is -2.00. The lowest BCUT2D eigenvalue weighted by Crippen LogP contribution is -1.93. The second kappa shape index (κ2) is 3.75. The summed E-state index contributed by atoms with van der Waals surface area (Å²) in [6.45, 7) is 0. The predicted molar refractivity (Wildman–Crippen MR) is 56.7 cm³/mol. The summed E-state index contributed by atoms with van der Waals surface area (Å²) >= 11 is 3.37. The van der Waals surface area contributed by atoms with E-state index in [4.69, 9.17) is 0 Å². The standard InChI is InChI=1S/C10H7BrN2O/c11-9-2-1-3-10(4-9)13-6-8(7-14)5-12-13/h1-7H. The molecule has 0 saturated heterocycles. The monoisotopic (exact) mass is 250 g/mol. The van der Waals surface area contributed by atoms with Crippen LogP contribution in [0.3, 0.4) is 0 Å². The zero-order valence-corrected chi connectivity index (χ0v) is 8.81. The summed E-state index contributed by atoms with van der Waals surface area (Å²) in [6.07, 6.45) is 4.00. The lowest BCUT2D eigenvalue weighted by molar-refractivity contribution is 0.112. The quantitative estimate of drug-likeness (QED) is 0.768. The molecule has 3 nitrogen and oxygen atoms in total. The van der Waals surface area contributed by atoms with Crippen LogP contribution >= 0.6 is 15.9 Å². The number of aldehydes is 1. The van der Waals surface area contributed by atoms with Crippen LogP contribution in [0, 0.1) is 0 Å². The molecule has 0 radical (unpaired) electrons. The van der Waals surface area contributed by atoms with Crippen molar-refractivity contribution in [1.82, 2.24) is 9.78 Å². The SMILES string of the molecule is O=Cc1cnn(-c2cccc(Br)c2)c1. The molecule has 0 unspecified atom stereocenters. The average molecular weight is 251 g/mol. The molecular weight excluding hydrogens is 244 g/mol. The average Bonchev–Trinajstić information content (AvgIpc) is 2.66. The molecule has 0 aliphatic rings.